The van der Waals surface area contributed by atoms with E-state index >= 15 is 0 Å². The highest BCUT2D eigenvalue weighted by atomic mass is 19.1. The van der Waals surface area contributed by atoms with Crippen molar-refractivity contribution in [2.45, 2.75) is 53.1 Å². The van der Waals surface area contributed by atoms with Crippen molar-refractivity contribution in [1.29, 1.82) is 0 Å². The molecule has 0 amide bonds. The van der Waals surface area contributed by atoms with E-state index in [0.29, 0.717) is 0 Å². The monoisotopic (exact) mass is 146 g/mol. The van der Waals surface area contributed by atoms with E-state index in [1.54, 1.807) is 13.8 Å². The average molecular weight is 146 g/mol. The minimum atomic E-state index is -1.05. The maximum absolute atomic E-state index is 13.4. The molecule has 0 bridgehead atoms. The van der Waals surface area contributed by atoms with Gasteiger partial charge in [0, 0.05) is 5.41 Å². The van der Waals surface area contributed by atoms with E-state index in [4.69, 9.17) is 0 Å². The van der Waals surface area contributed by atoms with Gasteiger partial charge in [-0.15, -0.1) is 0 Å². The van der Waals surface area contributed by atoms with Crippen LogP contribution in [0.1, 0.15) is 47.5 Å². The number of hydrogen-bond acceptors (Lipinski definition) is 0. The van der Waals surface area contributed by atoms with Crippen LogP contribution < -0.4 is 0 Å². The first kappa shape index (κ1) is 9.93. The molecule has 0 atom stereocenters. The van der Waals surface area contributed by atoms with Crippen LogP contribution in [-0.2, 0) is 0 Å². The lowest BCUT2D eigenvalue weighted by Gasteiger charge is -2.36. The maximum atomic E-state index is 13.4. The van der Waals surface area contributed by atoms with Gasteiger partial charge >= 0.3 is 0 Å². The summed E-state index contributed by atoms with van der Waals surface area (Å²) in [5.74, 6) is 0. The highest BCUT2D eigenvalue weighted by molar-refractivity contribution is 4.87. The minimum absolute atomic E-state index is 0.146. The van der Waals surface area contributed by atoms with Gasteiger partial charge in [0.15, 0.2) is 0 Å². The van der Waals surface area contributed by atoms with Crippen molar-refractivity contribution < 1.29 is 4.39 Å². The van der Waals surface area contributed by atoms with E-state index in [-0.39, 0.29) is 5.41 Å². The van der Waals surface area contributed by atoms with Gasteiger partial charge in [0.25, 0.3) is 0 Å². The molecular formula is C9H19F. The van der Waals surface area contributed by atoms with Gasteiger partial charge in [-0.05, 0) is 26.7 Å². The SMILES string of the molecule is CCC(C)(CC)C(C)(C)F. The predicted octanol–water partition coefficient (Wildman–Crippen LogP) is 3.56. The second-order valence-corrected chi connectivity index (χ2v) is 3.74. The molecule has 0 fully saturated rings. The molecule has 0 saturated heterocycles. The number of hydrogen-bond donors (Lipinski definition) is 0. The third-order valence-electron chi connectivity index (χ3n) is 3.00. The molecule has 0 heterocycles. The van der Waals surface area contributed by atoms with E-state index in [1.165, 1.54) is 0 Å². The normalized spacial score (nSPS) is 13.8. The van der Waals surface area contributed by atoms with Gasteiger partial charge in [0.05, 0.1) is 0 Å². The second kappa shape index (κ2) is 2.89. The molecule has 0 aliphatic heterocycles. The fourth-order valence-corrected chi connectivity index (χ4v) is 1.09. The van der Waals surface area contributed by atoms with Crippen LogP contribution in [0.5, 0.6) is 0 Å². The van der Waals surface area contributed by atoms with Gasteiger partial charge in [-0.2, -0.15) is 0 Å². The molecule has 0 aromatic carbocycles. The third-order valence-corrected chi connectivity index (χ3v) is 3.00. The van der Waals surface area contributed by atoms with Crippen LogP contribution >= 0.6 is 0 Å². The molecule has 0 saturated carbocycles. The first-order valence-electron chi connectivity index (χ1n) is 4.06. The minimum Gasteiger partial charge on any atom is -0.244 e. The molecule has 0 nitrogen and oxygen atoms in total. The Kier molecular flexibility index (Phi) is 2.87. The Hall–Kier alpha value is -0.0700. The zero-order chi connectivity index (χ0) is 8.41. The number of rotatable bonds is 3. The summed E-state index contributed by atoms with van der Waals surface area (Å²) in [6, 6.07) is 0. The molecule has 0 N–H and O–H groups in total. The Labute approximate surface area is 63.8 Å². The van der Waals surface area contributed by atoms with Crippen LogP contribution in [0.4, 0.5) is 4.39 Å². The van der Waals surface area contributed by atoms with Crippen LogP contribution in [0.25, 0.3) is 0 Å². The zero-order valence-corrected chi connectivity index (χ0v) is 7.79. The van der Waals surface area contributed by atoms with Crippen molar-refractivity contribution in [2.24, 2.45) is 5.41 Å². The molecule has 0 spiro atoms. The van der Waals surface area contributed by atoms with Crippen LogP contribution in [0, 0.1) is 5.41 Å². The summed E-state index contributed by atoms with van der Waals surface area (Å²) in [5, 5.41) is 0. The van der Waals surface area contributed by atoms with E-state index < -0.39 is 5.67 Å². The van der Waals surface area contributed by atoms with Crippen molar-refractivity contribution in [3.05, 3.63) is 0 Å². The largest absolute Gasteiger partial charge is 0.244 e. The quantitative estimate of drug-likeness (QED) is 0.571. The van der Waals surface area contributed by atoms with Crippen LogP contribution in [0.3, 0.4) is 0 Å². The van der Waals surface area contributed by atoms with E-state index in [0.717, 1.165) is 12.8 Å². The van der Waals surface area contributed by atoms with E-state index in [1.807, 2.05) is 20.8 Å². The summed E-state index contributed by atoms with van der Waals surface area (Å²) in [6.45, 7) is 9.43. The summed E-state index contributed by atoms with van der Waals surface area (Å²) < 4.78 is 13.4. The molecule has 0 unspecified atom stereocenters. The van der Waals surface area contributed by atoms with Gasteiger partial charge < -0.3 is 0 Å². The van der Waals surface area contributed by atoms with Gasteiger partial charge in [-0.1, -0.05) is 20.8 Å². The standard InChI is InChI=1S/C9H19F/c1-6-9(5,7-2)8(3,4)10/h6-7H2,1-5H3. The summed E-state index contributed by atoms with van der Waals surface area (Å²) in [4.78, 5) is 0. The molecule has 0 aromatic heterocycles. The molecule has 0 aliphatic rings. The molecule has 0 aromatic rings. The van der Waals surface area contributed by atoms with Gasteiger partial charge in [-0.25, -0.2) is 4.39 Å². The lowest BCUT2D eigenvalue weighted by atomic mass is 9.73. The molecule has 62 valence electrons. The summed E-state index contributed by atoms with van der Waals surface area (Å²) in [7, 11) is 0. The molecule has 0 radical (unpaired) electrons. The molecule has 0 rings (SSSR count). The smallest absolute Gasteiger partial charge is 0.110 e. The Morgan fingerprint density at radius 3 is 1.30 bits per heavy atom. The second-order valence-electron chi connectivity index (χ2n) is 3.74. The Balaban J connectivity index is 4.33. The summed E-state index contributed by atoms with van der Waals surface area (Å²) in [5.41, 5.74) is -1.19. The van der Waals surface area contributed by atoms with Crippen molar-refractivity contribution in [3.63, 3.8) is 0 Å². The first-order chi connectivity index (χ1) is 4.37. The van der Waals surface area contributed by atoms with Gasteiger partial charge in [-0.3, -0.25) is 0 Å². The zero-order valence-electron chi connectivity index (χ0n) is 7.79. The molecule has 10 heavy (non-hydrogen) atoms. The average Bonchev–Trinajstić information content (AvgIpc) is 1.84. The van der Waals surface area contributed by atoms with Crippen molar-refractivity contribution >= 4 is 0 Å². The maximum Gasteiger partial charge on any atom is 0.110 e. The van der Waals surface area contributed by atoms with Crippen molar-refractivity contribution in [2.75, 3.05) is 0 Å². The predicted molar refractivity (Wildman–Crippen MR) is 43.9 cm³/mol. The van der Waals surface area contributed by atoms with Crippen LogP contribution in [-0.4, -0.2) is 5.67 Å². The van der Waals surface area contributed by atoms with Gasteiger partial charge in [0.2, 0.25) is 0 Å². The fraction of sp³-hybridized carbons (Fsp3) is 1.00. The fourth-order valence-electron chi connectivity index (χ4n) is 1.09. The molecule has 0 aliphatic carbocycles. The topological polar surface area (TPSA) is 0 Å². The van der Waals surface area contributed by atoms with E-state index in [9.17, 15) is 4.39 Å². The van der Waals surface area contributed by atoms with Crippen LogP contribution in [0.2, 0.25) is 0 Å². The van der Waals surface area contributed by atoms with Crippen LogP contribution in [0.15, 0.2) is 0 Å². The Morgan fingerprint density at radius 2 is 1.30 bits per heavy atom. The highest BCUT2D eigenvalue weighted by Crippen LogP contribution is 2.40. The molecule has 1 heteroatoms. The van der Waals surface area contributed by atoms with Crippen molar-refractivity contribution in [1.82, 2.24) is 0 Å². The first-order valence-corrected chi connectivity index (χ1v) is 4.06. The lowest BCUT2D eigenvalue weighted by Crippen LogP contribution is -2.36. The third kappa shape index (κ3) is 1.71. The van der Waals surface area contributed by atoms with E-state index in [2.05, 4.69) is 0 Å². The number of alkyl halides is 1. The Morgan fingerprint density at radius 1 is 1.00 bits per heavy atom. The number of halogens is 1. The van der Waals surface area contributed by atoms with Crippen molar-refractivity contribution in [3.8, 4) is 0 Å². The summed E-state index contributed by atoms with van der Waals surface area (Å²) >= 11 is 0. The lowest BCUT2D eigenvalue weighted by molar-refractivity contribution is 0.0301. The highest BCUT2D eigenvalue weighted by Gasteiger charge is 2.37. The molecular weight excluding hydrogens is 127 g/mol. The summed E-state index contributed by atoms with van der Waals surface area (Å²) in [6.07, 6.45) is 1.82. The van der Waals surface area contributed by atoms with Gasteiger partial charge in [0.1, 0.15) is 5.67 Å². The Bertz CT molecular complexity index is 95.8.